The number of esters is 1. The van der Waals surface area contributed by atoms with Crippen molar-refractivity contribution >= 4 is 34.9 Å². The molecule has 1 aliphatic heterocycles. The highest BCUT2D eigenvalue weighted by Gasteiger charge is 2.45. The third-order valence-electron chi connectivity index (χ3n) is 3.93. The zero-order valence-corrected chi connectivity index (χ0v) is 14.8. The Labute approximate surface area is 145 Å². The Hall–Kier alpha value is -2.08. The van der Waals surface area contributed by atoms with Crippen molar-refractivity contribution in [2.45, 2.75) is 38.8 Å². The van der Waals surface area contributed by atoms with Gasteiger partial charge >= 0.3 is 5.97 Å². The molecule has 0 N–H and O–H groups in total. The van der Waals surface area contributed by atoms with Gasteiger partial charge in [-0.2, -0.15) is 0 Å². The van der Waals surface area contributed by atoms with Gasteiger partial charge in [0.15, 0.2) is 11.4 Å². The van der Waals surface area contributed by atoms with Gasteiger partial charge in [-0.25, -0.2) is 4.79 Å². The van der Waals surface area contributed by atoms with Crippen molar-refractivity contribution in [3.05, 3.63) is 23.8 Å². The Morgan fingerprint density at radius 1 is 1.38 bits per heavy atom. The molecule has 0 saturated heterocycles. The standard InChI is InChI=1S/C17H20ClNO5/c1-5-11(15(21)23-4)19-12-8-10(13(20)9-18)6-7-14(12)24-17(2,3)16(19)22/h6-8,11H,5,9H2,1-4H3. The van der Waals surface area contributed by atoms with E-state index in [2.05, 4.69) is 0 Å². The van der Waals surface area contributed by atoms with Gasteiger partial charge < -0.3 is 9.47 Å². The molecule has 0 radical (unpaired) electrons. The van der Waals surface area contributed by atoms with Gasteiger partial charge in [0.1, 0.15) is 11.8 Å². The van der Waals surface area contributed by atoms with Crippen molar-refractivity contribution in [2.75, 3.05) is 17.9 Å². The van der Waals surface area contributed by atoms with Crippen LogP contribution in [0.2, 0.25) is 0 Å². The molecular formula is C17H20ClNO5. The van der Waals surface area contributed by atoms with Crippen LogP contribution in [0.1, 0.15) is 37.6 Å². The largest absolute Gasteiger partial charge is 0.476 e. The van der Waals surface area contributed by atoms with Crippen LogP contribution in [0.25, 0.3) is 0 Å². The fraction of sp³-hybridized carbons (Fsp3) is 0.471. The van der Waals surface area contributed by atoms with Crippen LogP contribution in [0.3, 0.4) is 0 Å². The zero-order valence-electron chi connectivity index (χ0n) is 14.1. The second-order valence-electron chi connectivity index (χ2n) is 5.97. The molecule has 6 nitrogen and oxygen atoms in total. The molecule has 0 saturated carbocycles. The maximum atomic E-state index is 12.9. The lowest BCUT2D eigenvalue weighted by atomic mass is 9.99. The molecular weight excluding hydrogens is 334 g/mol. The lowest BCUT2D eigenvalue weighted by molar-refractivity contribution is -0.145. The Kier molecular flexibility index (Phi) is 5.18. The van der Waals surface area contributed by atoms with Crippen molar-refractivity contribution in [1.29, 1.82) is 0 Å². The molecule has 0 aromatic heterocycles. The van der Waals surface area contributed by atoms with E-state index in [1.807, 2.05) is 0 Å². The van der Waals surface area contributed by atoms with E-state index >= 15 is 0 Å². The number of hydrogen-bond donors (Lipinski definition) is 0. The van der Waals surface area contributed by atoms with Crippen molar-refractivity contribution in [1.82, 2.24) is 0 Å². The summed E-state index contributed by atoms with van der Waals surface area (Å²) < 4.78 is 10.6. The summed E-state index contributed by atoms with van der Waals surface area (Å²) in [7, 11) is 1.27. The number of ketones is 1. The average molecular weight is 354 g/mol. The molecule has 24 heavy (non-hydrogen) atoms. The number of methoxy groups -OCH3 is 1. The van der Waals surface area contributed by atoms with Crippen molar-refractivity contribution < 1.29 is 23.9 Å². The number of ether oxygens (including phenoxy) is 2. The lowest BCUT2D eigenvalue weighted by Crippen LogP contribution is -2.58. The molecule has 7 heteroatoms. The second-order valence-corrected chi connectivity index (χ2v) is 6.24. The van der Waals surface area contributed by atoms with Gasteiger partial charge in [0.2, 0.25) is 0 Å². The first-order valence-corrected chi connectivity index (χ1v) is 8.14. The molecule has 1 aliphatic rings. The summed E-state index contributed by atoms with van der Waals surface area (Å²) in [6, 6.07) is 3.93. The molecule has 1 aromatic carbocycles. The van der Waals surface area contributed by atoms with Gasteiger partial charge in [-0.15, -0.1) is 11.6 Å². The van der Waals surface area contributed by atoms with Crippen molar-refractivity contribution in [3.8, 4) is 5.75 Å². The predicted molar refractivity (Wildman–Crippen MR) is 89.8 cm³/mol. The van der Waals surface area contributed by atoms with E-state index in [0.29, 0.717) is 23.4 Å². The number of nitrogens with zero attached hydrogens (tertiary/aromatic N) is 1. The number of amides is 1. The summed E-state index contributed by atoms with van der Waals surface area (Å²) in [6.07, 6.45) is 0.363. The Balaban J connectivity index is 2.62. The van der Waals surface area contributed by atoms with Crippen LogP contribution in [0.5, 0.6) is 5.75 Å². The van der Waals surface area contributed by atoms with Gasteiger partial charge in [0, 0.05) is 5.56 Å². The minimum atomic E-state index is -1.13. The minimum absolute atomic E-state index is 0.173. The van der Waals surface area contributed by atoms with Crippen molar-refractivity contribution in [2.24, 2.45) is 0 Å². The SMILES string of the molecule is CCC(C(=O)OC)N1C(=O)C(C)(C)Oc2ccc(C(=O)CCl)cc21. The van der Waals surface area contributed by atoms with Gasteiger partial charge in [-0.3, -0.25) is 14.5 Å². The van der Waals surface area contributed by atoms with Crippen LogP contribution in [0, 0.1) is 0 Å². The Morgan fingerprint density at radius 3 is 2.58 bits per heavy atom. The molecule has 0 fully saturated rings. The minimum Gasteiger partial charge on any atom is -0.476 e. The molecule has 130 valence electrons. The molecule has 1 heterocycles. The third kappa shape index (κ3) is 3.11. The van der Waals surface area contributed by atoms with E-state index in [1.54, 1.807) is 32.9 Å². The van der Waals surface area contributed by atoms with Crippen molar-refractivity contribution in [3.63, 3.8) is 0 Å². The number of anilines is 1. The molecule has 1 amide bonds. The summed E-state index contributed by atoms with van der Waals surface area (Å²) in [6.45, 7) is 5.05. The van der Waals surface area contributed by atoms with E-state index in [-0.39, 0.29) is 17.6 Å². The number of benzene rings is 1. The lowest BCUT2D eigenvalue weighted by Gasteiger charge is -2.41. The maximum absolute atomic E-state index is 12.9. The smallest absolute Gasteiger partial charge is 0.328 e. The quantitative estimate of drug-likeness (QED) is 0.462. The fourth-order valence-electron chi connectivity index (χ4n) is 2.66. The number of carbonyl (C=O) groups excluding carboxylic acids is 3. The molecule has 0 spiro atoms. The summed E-state index contributed by atoms with van der Waals surface area (Å²) >= 11 is 5.61. The Bertz CT molecular complexity index is 686. The summed E-state index contributed by atoms with van der Waals surface area (Å²) in [4.78, 5) is 38.2. The van der Waals surface area contributed by atoms with Gasteiger partial charge in [-0.1, -0.05) is 6.92 Å². The third-order valence-corrected chi connectivity index (χ3v) is 4.18. The molecule has 1 atom stereocenters. The predicted octanol–water partition coefficient (Wildman–Crippen LogP) is 2.56. The monoisotopic (exact) mass is 353 g/mol. The van der Waals surface area contributed by atoms with Gasteiger partial charge in [-0.05, 0) is 38.5 Å². The van der Waals surface area contributed by atoms with E-state index < -0.39 is 17.6 Å². The van der Waals surface area contributed by atoms with E-state index in [4.69, 9.17) is 21.1 Å². The molecule has 1 aromatic rings. The number of fused-ring (bicyclic) bond motifs is 1. The topological polar surface area (TPSA) is 72.9 Å². The molecule has 0 aliphatic carbocycles. The van der Waals surface area contributed by atoms with Crippen LogP contribution in [-0.4, -0.2) is 42.3 Å². The zero-order chi connectivity index (χ0) is 18.1. The van der Waals surface area contributed by atoms with Crippen LogP contribution in [-0.2, 0) is 14.3 Å². The van der Waals surface area contributed by atoms with E-state index in [9.17, 15) is 14.4 Å². The normalized spacial score (nSPS) is 16.9. The fourth-order valence-corrected chi connectivity index (χ4v) is 2.81. The highest BCUT2D eigenvalue weighted by molar-refractivity contribution is 6.30. The van der Waals surface area contributed by atoms with Crippen LogP contribution in [0.15, 0.2) is 18.2 Å². The number of alkyl halides is 1. The van der Waals surface area contributed by atoms with Gasteiger partial charge in [0.25, 0.3) is 5.91 Å². The van der Waals surface area contributed by atoms with Crippen LogP contribution < -0.4 is 9.64 Å². The number of hydrogen-bond acceptors (Lipinski definition) is 5. The number of rotatable bonds is 5. The highest BCUT2D eigenvalue weighted by atomic mass is 35.5. The van der Waals surface area contributed by atoms with E-state index in [1.165, 1.54) is 18.1 Å². The first kappa shape index (κ1) is 18.3. The molecule has 0 bridgehead atoms. The number of halogens is 1. The summed E-state index contributed by atoms with van der Waals surface area (Å²) in [5, 5.41) is 0. The summed E-state index contributed by atoms with van der Waals surface area (Å²) in [5.41, 5.74) is -0.413. The van der Waals surface area contributed by atoms with Crippen LogP contribution in [0.4, 0.5) is 5.69 Å². The maximum Gasteiger partial charge on any atom is 0.328 e. The van der Waals surface area contributed by atoms with Gasteiger partial charge in [0.05, 0.1) is 18.7 Å². The highest BCUT2D eigenvalue weighted by Crippen LogP contribution is 2.40. The first-order chi connectivity index (χ1) is 11.3. The van der Waals surface area contributed by atoms with Crippen LogP contribution >= 0.6 is 11.6 Å². The van der Waals surface area contributed by atoms with E-state index in [0.717, 1.165) is 0 Å². The summed E-state index contributed by atoms with van der Waals surface area (Å²) in [5.74, 6) is -0.921. The number of Topliss-reactive ketones (excluding diaryl/α,β-unsaturated/α-hetero) is 1. The first-order valence-electron chi connectivity index (χ1n) is 7.60. The average Bonchev–Trinajstić information content (AvgIpc) is 2.57. The Morgan fingerprint density at radius 2 is 2.04 bits per heavy atom. The second kappa shape index (κ2) is 6.81. The molecule has 2 rings (SSSR count). The number of carbonyl (C=O) groups is 3. The molecule has 1 unspecified atom stereocenters.